The molecule has 0 aliphatic carbocycles. The van der Waals surface area contributed by atoms with Gasteiger partial charge in [-0.2, -0.15) is 0 Å². The quantitative estimate of drug-likeness (QED) is 0.920. The number of nitrogens with one attached hydrogen (secondary N) is 1. The van der Waals surface area contributed by atoms with Crippen LogP contribution in [0.2, 0.25) is 0 Å². The summed E-state index contributed by atoms with van der Waals surface area (Å²) in [5, 5.41) is 3.28. The molecule has 0 saturated carbocycles. The molecule has 1 N–H and O–H groups in total. The zero-order valence-corrected chi connectivity index (χ0v) is 11.1. The number of hydrogen-bond acceptors (Lipinski definition) is 3. The highest BCUT2D eigenvalue weighted by Crippen LogP contribution is 2.38. The highest BCUT2D eigenvalue weighted by Gasteiger charge is 2.20. The van der Waals surface area contributed by atoms with Gasteiger partial charge in [0.1, 0.15) is 0 Å². The highest BCUT2D eigenvalue weighted by atomic mass is 79.9. The molecule has 0 bridgehead atoms. The third-order valence-electron chi connectivity index (χ3n) is 2.94. The molecule has 1 aliphatic heterocycles. The minimum Gasteiger partial charge on any atom is -0.493 e. The van der Waals surface area contributed by atoms with E-state index in [9.17, 15) is 0 Å². The minimum atomic E-state index is 0.745. The van der Waals surface area contributed by atoms with Gasteiger partial charge < -0.3 is 14.8 Å². The van der Waals surface area contributed by atoms with Crippen LogP contribution in [0, 0.1) is 5.92 Å². The predicted molar refractivity (Wildman–Crippen MR) is 67.3 cm³/mol. The van der Waals surface area contributed by atoms with Gasteiger partial charge in [0.15, 0.2) is 11.5 Å². The molecule has 0 radical (unpaired) electrons. The molecule has 1 aromatic rings. The Morgan fingerprint density at radius 1 is 1.31 bits per heavy atom. The van der Waals surface area contributed by atoms with Crippen LogP contribution in [-0.4, -0.2) is 27.3 Å². The predicted octanol–water partition coefficient (Wildman–Crippen LogP) is 2.23. The first-order valence-corrected chi connectivity index (χ1v) is 6.15. The van der Waals surface area contributed by atoms with Crippen molar-refractivity contribution in [3.63, 3.8) is 0 Å². The van der Waals surface area contributed by atoms with E-state index in [4.69, 9.17) is 9.47 Å². The second kappa shape index (κ2) is 5.06. The van der Waals surface area contributed by atoms with Crippen LogP contribution in [0.4, 0.5) is 0 Å². The lowest BCUT2D eigenvalue weighted by Crippen LogP contribution is -2.43. The normalized spacial score (nSPS) is 15.7. The number of ether oxygens (including phenoxy) is 2. The van der Waals surface area contributed by atoms with Crippen LogP contribution in [0.3, 0.4) is 0 Å². The van der Waals surface area contributed by atoms with Crippen LogP contribution in [0.1, 0.15) is 5.56 Å². The van der Waals surface area contributed by atoms with E-state index in [1.165, 1.54) is 5.56 Å². The summed E-state index contributed by atoms with van der Waals surface area (Å²) in [5.74, 6) is 2.30. The average molecular weight is 286 g/mol. The largest absolute Gasteiger partial charge is 0.493 e. The van der Waals surface area contributed by atoms with Crippen molar-refractivity contribution < 1.29 is 9.47 Å². The van der Waals surface area contributed by atoms with Gasteiger partial charge >= 0.3 is 0 Å². The fraction of sp³-hybridized carbons (Fsp3) is 0.500. The fourth-order valence-corrected chi connectivity index (χ4v) is 2.54. The Balaban J connectivity index is 2.24. The lowest BCUT2D eigenvalue weighted by Gasteiger charge is -2.27. The van der Waals surface area contributed by atoms with Gasteiger partial charge in [0.05, 0.1) is 18.7 Å². The van der Waals surface area contributed by atoms with Crippen LogP contribution in [0.15, 0.2) is 16.6 Å². The van der Waals surface area contributed by atoms with Gasteiger partial charge in [-0.05, 0) is 53.0 Å². The summed E-state index contributed by atoms with van der Waals surface area (Å²) in [6, 6.07) is 4.06. The molecule has 0 aromatic heterocycles. The Bertz CT molecular complexity index is 378. The molecule has 1 fully saturated rings. The summed E-state index contributed by atoms with van der Waals surface area (Å²) in [6.45, 7) is 2.22. The minimum absolute atomic E-state index is 0.745. The molecule has 0 unspecified atom stereocenters. The van der Waals surface area contributed by atoms with E-state index < -0.39 is 0 Å². The number of rotatable bonds is 4. The molecule has 0 amide bonds. The molecule has 4 heteroatoms. The van der Waals surface area contributed by atoms with E-state index in [1.807, 2.05) is 6.07 Å². The Hall–Kier alpha value is -0.740. The third-order valence-corrected chi connectivity index (χ3v) is 3.81. The van der Waals surface area contributed by atoms with Crippen molar-refractivity contribution in [2.75, 3.05) is 27.3 Å². The molecule has 0 spiro atoms. The van der Waals surface area contributed by atoms with E-state index in [0.29, 0.717) is 0 Å². The van der Waals surface area contributed by atoms with Crippen molar-refractivity contribution in [1.82, 2.24) is 5.32 Å². The second-order valence-electron chi connectivity index (χ2n) is 4.00. The van der Waals surface area contributed by atoms with E-state index in [0.717, 1.165) is 41.4 Å². The molecule has 3 nitrogen and oxygen atoms in total. The standard InChI is InChI=1S/C12H16BrNO2/c1-15-10-4-3-9(5-8-6-14-7-8)11(13)12(10)16-2/h3-4,8,14H,5-7H2,1-2H3. The van der Waals surface area contributed by atoms with Crippen molar-refractivity contribution in [2.24, 2.45) is 5.92 Å². The van der Waals surface area contributed by atoms with Crippen LogP contribution in [0.25, 0.3) is 0 Å². The molecule has 16 heavy (non-hydrogen) atoms. The van der Waals surface area contributed by atoms with Gasteiger partial charge in [-0.15, -0.1) is 0 Å². The van der Waals surface area contributed by atoms with E-state index >= 15 is 0 Å². The smallest absolute Gasteiger partial charge is 0.175 e. The molecule has 88 valence electrons. The number of methoxy groups -OCH3 is 2. The van der Waals surface area contributed by atoms with Crippen LogP contribution >= 0.6 is 15.9 Å². The van der Waals surface area contributed by atoms with Crippen molar-refractivity contribution in [2.45, 2.75) is 6.42 Å². The SMILES string of the molecule is COc1ccc(CC2CNC2)c(Br)c1OC. The average Bonchev–Trinajstić information content (AvgIpc) is 2.24. The first-order chi connectivity index (χ1) is 7.76. The van der Waals surface area contributed by atoms with Gasteiger partial charge in [0.2, 0.25) is 0 Å². The highest BCUT2D eigenvalue weighted by molar-refractivity contribution is 9.10. The van der Waals surface area contributed by atoms with Crippen LogP contribution in [0.5, 0.6) is 11.5 Å². The summed E-state index contributed by atoms with van der Waals surface area (Å²) in [6.07, 6.45) is 1.08. The first kappa shape index (κ1) is 11.7. The first-order valence-electron chi connectivity index (χ1n) is 5.36. The Labute approximate surface area is 104 Å². The summed E-state index contributed by atoms with van der Waals surface area (Å²) in [4.78, 5) is 0. The number of halogens is 1. The van der Waals surface area contributed by atoms with Gasteiger partial charge in [-0.3, -0.25) is 0 Å². The maximum atomic E-state index is 5.35. The summed E-state index contributed by atoms with van der Waals surface area (Å²) in [7, 11) is 3.32. The lowest BCUT2D eigenvalue weighted by molar-refractivity contribution is 0.340. The van der Waals surface area contributed by atoms with Crippen molar-refractivity contribution in [3.8, 4) is 11.5 Å². The second-order valence-corrected chi connectivity index (χ2v) is 4.80. The van der Waals surface area contributed by atoms with Gasteiger partial charge in [0, 0.05) is 0 Å². The summed E-state index contributed by atoms with van der Waals surface area (Å²) in [5.41, 5.74) is 1.28. The molecule has 1 aromatic carbocycles. The van der Waals surface area contributed by atoms with E-state index in [2.05, 4.69) is 27.3 Å². The Morgan fingerprint density at radius 3 is 2.56 bits per heavy atom. The molecule has 1 heterocycles. The topological polar surface area (TPSA) is 30.5 Å². The molecule has 1 aliphatic rings. The van der Waals surface area contributed by atoms with E-state index in [1.54, 1.807) is 14.2 Å². The number of hydrogen-bond donors (Lipinski definition) is 1. The van der Waals surface area contributed by atoms with Crippen molar-refractivity contribution in [3.05, 3.63) is 22.2 Å². The summed E-state index contributed by atoms with van der Waals surface area (Å²) >= 11 is 3.59. The Kier molecular flexibility index (Phi) is 3.71. The van der Waals surface area contributed by atoms with Crippen LogP contribution < -0.4 is 14.8 Å². The van der Waals surface area contributed by atoms with Gasteiger partial charge in [-0.25, -0.2) is 0 Å². The molecule has 0 atom stereocenters. The molecule has 2 rings (SSSR count). The molecular formula is C12H16BrNO2. The summed E-state index contributed by atoms with van der Waals surface area (Å²) < 4.78 is 11.6. The zero-order valence-electron chi connectivity index (χ0n) is 9.55. The van der Waals surface area contributed by atoms with Crippen LogP contribution in [-0.2, 0) is 6.42 Å². The van der Waals surface area contributed by atoms with Crippen molar-refractivity contribution >= 4 is 15.9 Å². The maximum absolute atomic E-state index is 5.35. The maximum Gasteiger partial charge on any atom is 0.175 e. The van der Waals surface area contributed by atoms with Gasteiger partial charge in [-0.1, -0.05) is 6.07 Å². The van der Waals surface area contributed by atoms with E-state index in [-0.39, 0.29) is 0 Å². The fourth-order valence-electron chi connectivity index (χ4n) is 1.89. The molecular weight excluding hydrogens is 270 g/mol. The Morgan fingerprint density at radius 2 is 2.06 bits per heavy atom. The monoisotopic (exact) mass is 285 g/mol. The number of benzene rings is 1. The zero-order chi connectivity index (χ0) is 11.5. The lowest BCUT2D eigenvalue weighted by atomic mass is 9.94. The third kappa shape index (κ3) is 2.18. The van der Waals surface area contributed by atoms with Crippen molar-refractivity contribution in [1.29, 1.82) is 0 Å². The molecule has 1 saturated heterocycles. The van der Waals surface area contributed by atoms with Gasteiger partial charge in [0.25, 0.3) is 0 Å².